The van der Waals surface area contributed by atoms with Gasteiger partial charge >= 0.3 is 0 Å². The van der Waals surface area contributed by atoms with Crippen LogP contribution in [0.4, 0.5) is 10.1 Å². The van der Waals surface area contributed by atoms with Crippen molar-refractivity contribution in [2.75, 3.05) is 32.9 Å². The fourth-order valence-corrected chi connectivity index (χ4v) is 4.36. The zero-order chi connectivity index (χ0) is 14.9. The molecule has 0 saturated carbocycles. The van der Waals surface area contributed by atoms with Crippen molar-refractivity contribution < 1.29 is 12.8 Å². The van der Waals surface area contributed by atoms with Gasteiger partial charge in [-0.3, -0.25) is 0 Å². The number of sulfonamides is 1. The monoisotopic (exact) mass is 301 g/mol. The largest absolute Gasteiger partial charge is 0.399 e. The summed E-state index contributed by atoms with van der Waals surface area (Å²) in [7, 11) is -0.0489. The molecular formula is C13H20FN3O2S. The van der Waals surface area contributed by atoms with Crippen molar-refractivity contribution in [3.63, 3.8) is 0 Å². The average molecular weight is 301 g/mol. The first-order valence-corrected chi connectivity index (χ1v) is 7.98. The zero-order valence-electron chi connectivity index (χ0n) is 11.7. The molecule has 0 aromatic heterocycles. The fourth-order valence-electron chi connectivity index (χ4n) is 2.57. The SMILES string of the molecule is CN(C)CC1CCCN1S(=O)(=O)c1cc(N)ccc1F. The van der Waals surface area contributed by atoms with E-state index in [1.807, 2.05) is 19.0 Å². The van der Waals surface area contributed by atoms with Crippen molar-refractivity contribution in [2.24, 2.45) is 0 Å². The number of nitrogens with two attached hydrogens (primary N) is 1. The highest BCUT2D eigenvalue weighted by atomic mass is 32.2. The summed E-state index contributed by atoms with van der Waals surface area (Å²) in [6.07, 6.45) is 1.59. The number of nitrogen functional groups attached to an aromatic ring is 1. The molecule has 0 radical (unpaired) electrons. The predicted molar refractivity (Wildman–Crippen MR) is 76.3 cm³/mol. The van der Waals surface area contributed by atoms with E-state index < -0.39 is 15.8 Å². The quantitative estimate of drug-likeness (QED) is 0.846. The van der Waals surface area contributed by atoms with E-state index in [1.165, 1.54) is 16.4 Å². The summed E-state index contributed by atoms with van der Waals surface area (Å²) >= 11 is 0. The maximum absolute atomic E-state index is 13.8. The van der Waals surface area contributed by atoms with E-state index >= 15 is 0 Å². The molecule has 0 aliphatic carbocycles. The minimum absolute atomic E-state index is 0.115. The van der Waals surface area contributed by atoms with Gasteiger partial charge in [-0.1, -0.05) is 0 Å². The highest BCUT2D eigenvalue weighted by molar-refractivity contribution is 7.89. The number of halogens is 1. The molecule has 1 atom stereocenters. The Kier molecular flexibility index (Phi) is 4.31. The number of anilines is 1. The van der Waals surface area contributed by atoms with E-state index in [1.54, 1.807) is 0 Å². The molecule has 1 heterocycles. The second kappa shape index (κ2) is 5.67. The summed E-state index contributed by atoms with van der Waals surface area (Å²) in [5, 5.41) is 0. The number of rotatable bonds is 4. The third-order valence-corrected chi connectivity index (χ3v) is 5.41. The average Bonchev–Trinajstić information content (AvgIpc) is 2.80. The molecule has 2 rings (SSSR count). The van der Waals surface area contributed by atoms with Gasteiger partial charge in [0, 0.05) is 24.8 Å². The maximum atomic E-state index is 13.8. The van der Waals surface area contributed by atoms with Crippen molar-refractivity contribution in [3.8, 4) is 0 Å². The summed E-state index contributed by atoms with van der Waals surface area (Å²) in [6, 6.07) is 3.53. The number of hydrogen-bond donors (Lipinski definition) is 1. The number of likely N-dealkylation sites (N-methyl/N-ethyl adjacent to an activating group) is 1. The Hall–Kier alpha value is -1.18. The van der Waals surface area contributed by atoms with Crippen LogP contribution in [0, 0.1) is 5.82 Å². The third kappa shape index (κ3) is 2.94. The molecule has 1 fully saturated rings. The molecule has 1 aromatic carbocycles. The molecule has 7 heteroatoms. The van der Waals surface area contributed by atoms with Crippen LogP contribution in [-0.2, 0) is 10.0 Å². The molecular weight excluding hydrogens is 281 g/mol. The van der Waals surface area contributed by atoms with Crippen LogP contribution in [-0.4, -0.2) is 50.8 Å². The van der Waals surface area contributed by atoms with Crippen molar-refractivity contribution >= 4 is 15.7 Å². The number of nitrogens with zero attached hydrogens (tertiary/aromatic N) is 2. The van der Waals surface area contributed by atoms with Crippen LogP contribution in [0.15, 0.2) is 23.1 Å². The van der Waals surface area contributed by atoms with E-state index in [9.17, 15) is 12.8 Å². The lowest BCUT2D eigenvalue weighted by atomic mass is 10.2. The summed E-state index contributed by atoms with van der Waals surface area (Å²) in [5.74, 6) is -0.755. The van der Waals surface area contributed by atoms with Gasteiger partial charge in [-0.15, -0.1) is 0 Å². The van der Waals surface area contributed by atoms with Gasteiger partial charge in [0.05, 0.1) is 0 Å². The Labute approximate surface area is 119 Å². The first-order chi connectivity index (χ1) is 9.32. The number of hydrogen-bond acceptors (Lipinski definition) is 4. The lowest BCUT2D eigenvalue weighted by molar-refractivity contribution is 0.290. The Morgan fingerprint density at radius 1 is 1.45 bits per heavy atom. The van der Waals surface area contributed by atoms with E-state index in [-0.39, 0.29) is 16.6 Å². The Morgan fingerprint density at radius 3 is 2.80 bits per heavy atom. The zero-order valence-corrected chi connectivity index (χ0v) is 12.5. The minimum Gasteiger partial charge on any atom is -0.399 e. The van der Waals surface area contributed by atoms with Crippen molar-refractivity contribution in [1.29, 1.82) is 0 Å². The topological polar surface area (TPSA) is 66.6 Å². The van der Waals surface area contributed by atoms with E-state index in [2.05, 4.69) is 0 Å². The lowest BCUT2D eigenvalue weighted by Crippen LogP contribution is -2.41. The first kappa shape index (κ1) is 15.2. The molecule has 1 aliphatic heterocycles. The third-order valence-electron chi connectivity index (χ3n) is 3.44. The van der Waals surface area contributed by atoms with Gasteiger partial charge in [-0.25, -0.2) is 12.8 Å². The van der Waals surface area contributed by atoms with Gasteiger partial charge in [-0.05, 0) is 45.1 Å². The van der Waals surface area contributed by atoms with Crippen LogP contribution >= 0.6 is 0 Å². The second-order valence-electron chi connectivity index (χ2n) is 5.36. The second-order valence-corrected chi connectivity index (χ2v) is 7.22. The van der Waals surface area contributed by atoms with Gasteiger partial charge in [0.2, 0.25) is 10.0 Å². The molecule has 0 amide bonds. The summed E-state index contributed by atoms with van der Waals surface area (Å²) < 4.78 is 40.5. The summed E-state index contributed by atoms with van der Waals surface area (Å²) in [4.78, 5) is 1.61. The van der Waals surface area contributed by atoms with Gasteiger partial charge in [-0.2, -0.15) is 4.31 Å². The first-order valence-electron chi connectivity index (χ1n) is 6.54. The van der Waals surface area contributed by atoms with Gasteiger partial charge in [0.1, 0.15) is 10.7 Å². The van der Waals surface area contributed by atoms with Crippen LogP contribution in [0.25, 0.3) is 0 Å². The molecule has 112 valence electrons. The lowest BCUT2D eigenvalue weighted by Gasteiger charge is -2.26. The van der Waals surface area contributed by atoms with Crippen molar-refractivity contribution in [3.05, 3.63) is 24.0 Å². The smallest absolute Gasteiger partial charge is 0.246 e. The normalized spacial score (nSPS) is 20.7. The van der Waals surface area contributed by atoms with Crippen molar-refractivity contribution in [2.45, 2.75) is 23.8 Å². The Morgan fingerprint density at radius 2 is 2.15 bits per heavy atom. The van der Waals surface area contributed by atoms with Crippen LogP contribution in [0.1, 0.15) is 12.8 Å². The molecule has 1 aliphatic rings. The summed E-state index contributed by atoms with van der Waals surface area (Å²) in [5.41, 5.74) is 5.82. The predicted octanol–water partition coefficient (Wildman–Crippen LogP) is 1.12. The highest BCUT2D eigenvalue weighted by Gasteiger charge is 2.36. The highest BCUT2D eigenvalue weighted by Crippen LogP contribution is 2.28. The molecule has 0 bridgehead atoms. The summed E-state index contributed by atoms with van der Waals surface area (Å²) in [6.45, 7) is 1.05. The molecule has 2 N–H and O–H groups in total. The van der Waals surface area contributed by atoms with Crippen LogP contribution in [0.3, 0.4) is 0 Å². The Balaban J connectivity index is 2.36. The molecule has 1 saturated heterocycles. The molecule has 1 aromatic rings. The number of benzene rings is 1. The van der Waals surface area contributed by atoms with Gasteiger partial charge in [0.25, 0.3) is 0 Å². The van der Waals surface area contributed by atoms with E-state index in [0.717, 1.165) is 18.9 Å². The van der Waals surface area contributed by atoms with Crippen molar-refractivity contribution in [1.82, 2.24) is 9.21 Å². The van der Waals surface area contributed by atoms with Gasteiger partial charge < -0.3 is 10.6 Å². The Bertz CT molecular complexity index is 589. The van der Waals surface area contributed by atoms with Gasteiger partial charge in [0.15, 0.2) is 0 Å². The minimum atomic E-state index is -3.83. The standard InChI is InChI=1S/C13H20FN3O2S/c1-16(2)9-11-4-3-7-17(11)20(18,19)13-8-10(15)5-6-12(13)14/h5-6,8,11H,3-4,7,9,15H2,1-2H3. The van der Waals surface area contributed by atoms with Crippen LogP contribution in [0.5, 0.6) is 0 Å². The molecule has 20 heavy (non-hydrogen) atoms. The van der Waals surface area contributed by atoms with E-state index in [0.29, 0.717) is 13.1 Å². The fraction of sp³-hybridized carbons (Fsp3) is 0.538. The maximum Gasteiger partial charge on any atom is 0.246 e. The molecule has 0 spiro atoms. The van der Waals surface area contributed by atoms with E-state index in [4.69, 9.17) is 5.73 Å². The molecule has 1 unspecified atom stereocenters. The molecule has 5 nitrogen and oxygen atoms in total. The van der Waals surface area contributed by atoms with Crippen LogP contribution in [0.2, 0.25) is 0 Å². The van der Waals surface area contributed by atoms with Crippen LogP contribution < -0.4 is 5.73 Å².